The number of thiazole rings is 1. The summed E-state index contributed by atoms with van der Waals surface area (Å²) in [6.07, 6.45) is 4.68. The predicted octanol–water partition coefficient (Wildman–Crippen LogP) is 3.59. The number of rotatable bonds is 5. The van der Waals surface area contributed by atoms with E-state index in [1.807, 2.05) is 17.0 Å². The summed E-state index contributed by atoms with van der Waals surface area (Å²) in [5.41, 5.74) is 2.26. The molecule has 3 atom stereocenters. The van der Waals surface area contributed by atoms with Crippen molar-refractivity contribution in [2.24, 2.45) is 5.92 Å². The zero-order valence-corrected chi connectivity index (χ0v) is 23.5. The van der Waals surface area contributed by atoms with Crippen molar-refractivity contribution in [3.8, 4) is 0 Å². The zero-order valence-electron chi connectivity index (χ0n) is 22.0. The van der Waals surface area contributed by atoms with Crippen LogP contribution in [-0.4, -0.2) is 76.3 Å². The van der Waals surface area contributed by atoms with Crippen molar-refractivity contribution < 1.29 is 14.4 Å². The number of hydrogen-bond acceptors (Lipinski definition) is 6. The monoisotopic (exact) mass is 568 g/mol. The van der Waals surface area contributed by atoms with Crippen molar-refractivity contribution in [3.05, 3.63) is 50.6 Å². The Balaban J connectivity index is 1.20. The standard InChI is InChI=1S/C28H33ClN6O3S/c1-34-11-8-21-24(15-34)39-27(33-21)26(37)32-22-13-16(28(38)35-9-2-3-10-35)4-6-20(22)31-25(36)23-14-17-12-18(29)5-7-19(17)30-23/h5,7,12,14,16,20,22,30H,2-4,6,8-11,13,15H2,1H3,(H,31,36)(H,32,37)/t16-,20-,22+/m0/s1. The molecule has 3 N–H and O–H groups in total. The van der Waals surface area contributed by atoms with Gasteiger partial charge in [-0.25, -0.2) is 4.98 Å². The van der Waals surface area contributed by atoms with Crippen LogP contribution in [0.25, 0.3) is 10.9 Å². The average molecular weight is 569 g/mol. The lowest BCUT2D eigenvalue weighted by Gasteiger charge is -2.37. The molecule has 3 aromatic rings. The van der Waals surface area contributed by atoms with Crippen LogP contribution in [0.1, 0.15) is 63.0 Å². The first-order chi connectivity index (χ1) is 18.8. The van der Waals surface area contributed by atoms with Gasteiger partial charge in [-0.05, 0) is 63.4 Å². The summed E-state index contributed by atoms with van der Waals surface area (Å²) in [5.74, 6) is -0.494. The number of hydrogen-bond donors (Lipinski definition) is 3. The van der Waals surface area contributed by atoms with Crippen molar-refractivity contribution in [2.45, 2.75) is 57.2 Å². The molecule has 1 saturated heterocycles. The third kappa shape index (κ3) is 5.55. The highest BCUT2D eigenvalue weighted by Crippen LogP contribution is 2.30. The molecular weight excluding hydrogens is 536 g/mol. The van der Waals surface area contributed by atoms with E-state index in [4.69, 9.17) is 11.6 Å². The molecule has 3 aliphatic rings. The highest BCUT2D eigenvalue weighted by molar-refractivity contribution is 7.13. The summed E-state index contributed by atoms with van der Waals surface area (Å²) in [7, 11) is 2.07. The van der Waals surface area contributed by atoms with Crippen LogP contribution in [0.5, 0.6) is 0 Å². The van der Waals surface area contributed by atoms with Crippen molar-refractivity contribution >= 4 is 51.6 Å². The van der Waals surface area contributed by atoms with Gasteiger partial charge >= 0.3 is 0 Å². The molecule has 206 valence electrons. The Morgan fingerprint density at radius 2 is 1.85 bits per heavy atom. The number of carbonyl (C=O) groups excluding carboxylic acids is 3. The minimum atomic E-state index is -0.380. The molecule has 1 saturated carbocycles. The molecule has 2 fully saturated rings. The number of fused-ring (bicyclic) bond motifs is 2. The lowest BCUT2D eigenvalue weighted by Crippen LogP contribution is -2.56. The normalized spacial score (nSPS) is 23.5. The molecule has 39 heavy (non-hydrogen) atoms. The molecule has 1 aromatic carbocycles. The van der Waals surface area contributed by atoms with Gasteiger partial charge < -0.3 is 25.4 Å². The van der Waals surface area contributed by atoms with Gasteiger partial charge in [-0.2, -0.15) is 0 Å². The second-order valence-corrected chi connectivity index (χ2v) is 12.5. The molecule has 0 spiro atoms. The third-order valence-electron chi connectivity index (χ3n) is 8.19. The summed E-state index contributed by atoms with van der Waals surface area (Å²) in [6.45, 7) is 3.32. The van der Waals surface area contributed by atoms with Crippen LogP contribution in [0.4, 0.5) is 0 Å². The first kappa shape index (κ1) is 26.3. The van der Waals surface area contributed by atoms with Crippen molar-refractivity contribution in [1.82, 2.24) is 30.4 Å². The maximum atomic E-state index is 13.4. The lowest BCUT2D eigenvalue weighted by molar-refractivity contribution is -0.135. The number of likely N-dealkylation sites (tertiary alicyclic amines) is 1. The Labute approximate surface area is 236 Å². The number of H-pyrrole nitrogens is 1. The molecule has 0 radical (unpaired) electrons. The Morgan fingerprint density at radius 1 is 1.05 bits per heavy atom. The average Bonchev–Trinajstić information content (AvgIpc) is 3.68. The van der Waals surface area contributed by atoms with Crippen LogP contribution in [0.15, 0.2) is 24.3 Å². The second-order valence-electron chi connectivity index (χ2n) is 11.0. The Bertz CT molecular complexity index is 1410. The van der Waals surface area contributed by atoms with E-state index in [9.17, 15) is 14.4 Å². The molecule has 6 rings (SSSR count). The van der Waals surface area contributed by atoms with Crippen LogP contribution in [0.2, 0.25) is 5.02 Å². The van der Waals surface area contributed by atoms with Gasteiger partial charge in [0.1, 0.15) is 5.69 Å². The number of amides is 3. The van der Waals surface area contributed by atoms with Crippen LogP contribution in [-0.2, 0) is 17.8 Å². The summed E-state index contributed by atoms with van der Waals surface area (Å²) < 4.78 is 0. The van der Waals surface area contributed by atoms with E-state index < -0.39 is 0 Å². The van der Waals surface area contributed by atoms with Crippen LogP contribution in [0.3, 0.4) is 0 Å². The predicted molar refractivity (Wildman–Crippen MR) is 151 cm³/mol. The molecule has 0 unspecified atom stereocenters. The fourth-order valence-electron chi connectivity index (χ4n) is 6.05. The van der Waals surface area contributed by atoms with E-state index in [1.54, 1.807) is 12.1 Å². The molecular formula is C28H33ClN6O3S. The van der Waals surface area contributed by atoms with Gasteiger partial charge in [0, 0.05) is 65.4 Å². The Hall–Kier alpha value is -2.95. The quantitative estimate of drug-likeness (QED) is 0.436. The van der Waals surface area contributed by atoms with Gasteiger partial charge in [0.25, 0.3) is 11.8 Å². The maximum absolute atomic E-state index is 13.4. The minimum Gasteiger partial charge on any atom is -0.351 e. The highest BCUT2D eigenvalue weighted by Gasteiger charge is 2.38. The van der Waals surface area contributed by atoms with Crippen LogP contribution >= 0.6 is 22.9 Å². The van der Waals surface area contributed by atoms with Gasteiger partial charge in [-0.15, -0.1) is 11.3 Å². The van der Waals surface area contributed by atoms with Crippen molar-refractivity contribution in [1.29, 1.82) is 0 Å². The smallest absolute Gasteiger partial charge is 0.280 e. The molecule has 0 bridgehead atoms. The molecule has 3 amide bonds. The van der Waals surface area contributed by atoms with E-state index in [0.717, 1.165) is 66.9 Å². The van der Waals surface area contributed by atoms with E-state index >= 15 is 0 Å². The number of aromatic nitrogens is 2. The summed E-state index contributed by atoms with van der Waals surface area (Å²) >= 11 is 7.55. The summed E-state index contributed by atoms with van der Waals surface area (Å²) in [4.78, 5) is 53.0. The Kier molecular flexibility index (Phi) is 7.35. The zero-order chi connectivity index (χ0) is 27.1. The first-order valence-electron chi connectivity index (χ1n) is 13.7. The van der Waals surface area contributed by atoms with E-state index in [2.05, 4.69) is 32.5 Å². The number of carbonyl (C=O) groups is 3. The largest absolute Gasteiger partial charge is 0.351 e. The van der Waals surface area contributed by atoms with Crippen molar-refractivity contribution in [2.75, 3.05) is 26.7 Å². The lowest BCUT2D eigenvalue weighted by atomic mass is 9.81. The summed E-state index contributed by atoms with van der Waals surface area (Å²) in [6, 6.07) is 6.53. The fraction of sp³-hybridized carbons (Fsp3) is 0.500. The number of likely N-dealkylation sites (N-methyl/N-ethyl adjacent to an activating group) is 1. The third-order valence-corrected chi connectivity index (χ3v) is 9.51. The molecule has 1 aliphatic carbocycles. The highest BCUT2D eigenvalue weighted by atomic mass is 35.5. The maximum Gasteiger partial charge on any atom is 0.280 e. The van der Waals surface area contributed by atoms with Gasteiger partial charge in [-0.3, -0.25) is 14.4 Å². The number of halogens is 1. The van der Waals surface area contributed by atoms with Gasteiger partial charge in [0.2, 0.25) is 5.91 Å². The van der Waals surface area contributed by atoms with Crippen LogP contribution < -0.4 is 10.6 Å². The van der Waals surface area contributed by atoms with Crippen LogP contribution in [0, 0.1) is 5.92 Å². The van der Waals surface area contributed by atoms with Gasteiger partial charge in [0.15, 0.2) is 5.01 Å². The first-order valence-corrected chi connectivity index (χ1v) is 14.9. The molecule has 4 heterocycles. The van der Waals surface area contributed by atoms with Crippen molar-refractivity contribution in [3.63, 3.8) is 0 Å². The number of aromatic amines is 1. The minimum absolute atomic E-state index is 0.164. The van der Waals surface area contributed by atoms with E-state index in [1.165, 1.54) is 11.3 Å². The second kappa shape index (κ2) is 10.9. The van der Waals surface area contributed by atoms with Gasteiger partial charge in [0.05, 0.1) is 11.7 Å². The summed E-state index contributed by atoms with van der Waals surface area (Å²) in [5, 5.41) is 8.20. The number of nitrogens with zero attached hydrogens (tertiary/aromatic N) is 3. The molecule has 11 heteroatoms. The topological polar surface area (TPSA) is 110 Å². The molecule has 2 aromatic heterocycles. The number of nitrogens with one attached hydrogen (secondary N) is 3. The number of benzene rings is 1. The SMILES string of the molecule is CN1CCc2nc(C(=O)N[C@@H]3C[C@@H](C(=O)N4CCCC4)CC[C@@H]3NC(=O)c3cc4cc(Cl)ccc4[nH]3)sc2C1. The van der Waals surface area contributed by atoms with Gasteiger partial charge in [-0.1, -0.05) is 11.6 Å². The molecule has 2 aliphatic heterocycles. The Morgan fingerprint density at radius 3 is 2.67 bits per heavy atom. The van der Waals surface area contributed by atoms with E-state index in [-0.39, 0.29) is 35.7 Å². The fourth-order valence-corrected chi connectivity index (χ4v) is 7.32. The van der Waals surface area contributed by atoms with E-state index in [0.29, 0.717) is 35.0 Å². The molecule has 9 nitrogen and oxygen atoms in total.